The van der Waals surface area contributed by atoms with Crippen molar-refractivity contribution >= 4 is 0 Å². The Bertz CT molecular complexity index is 414. The molecule has 0 aliphatic carbocycles. The van der Waals surface area contributed by atoms with Crippen LogP contribution in [0.2, 0.25) is 0 Å². The van der Waals surface area contributed by atoms with Gasteiger partial charge in [-0.25, -0.2) is 0 Å². The molecule has 0 spiro atoms. The van der Waals surface area contributed by atoms with Crippen molar-refractivity contribution < 1.29 is 9.26 Å². The van der Waals surface area contributed by atoms with Crippen LogP contribution in [0.15, 0.2) is 4.52 Å². The number of rotatable bonds is 2. The van der Waals surface area contributed by atoms with E-state index >= 15 is 0 Å². The standard InChI is InChI=1S/C12H17N3O2/c1-2-10(16-5-1)11-14-12(17-15-11)8-6-7-3-4-9(8)13-7/h7-10,13H,1-6H2. The van der Waals surface area contributed by atoms with Crippen molar-refractivity contribution in [2.24, 2.45) is 0 Å². The summed E-state index contributed by atoms with van der Waals surface area (Å²) in [6.07, 6.45) is 5.88. The quantitative estimate of drug-likeness (QED) is 0.842. The minimum atomic E-state index is 0.0686. The van der Waals surface area contributed by atoms with Crippen LogP contribution in [0.3, 0.4) is 0 Å². The Labute approximate surface area is 99.9 Å². The molecule has 4 heterocycles. The SMILES string of the molecule is C1COC(c2noc(C3CC4CCC3N4)n2)C1. The third-order valence-electron chi connectivity index (χ3n) is 4.29. The molecule has 3 aliphatic rings. The Balaban J connectivity index is 1.54. The lowest BCUT2D eigenvalue weighted by Gasteiger charge is -2.15. The zero-order valence-corrected chi connectivity index (χ0v) is 9.76. The summed E-state index contributed by atoms with van der Waals surface area (Å²) in [5.41, 5.74) is 0. The first kappa shape index (κ1) is 10.0. The summed E-state index contributed by atoms with van der Waals surface area (Å²) in [5.74, 6) is 1.99. The largest absolute Gasteiger partial charge is 0.370 e. The molecule has 0 amide bonds. The summed E-state index contributed by atoms with van der Waals surface area (Å²) in [6.45, 7) is 0.824. The number of nitrogens with zero attached hydrogens (tertiary/aromatic N) is 2. The first-order valence-electron chi connectivity index (χ1n) is 6.61. The van der Waals surface area contributed by atoms with Crippen LogP contribution in [-0.4, -0.2) is 28.8 Å². The van der Waals surface area contributed by atoms with Crippen molar-refractivity contribution in [1.29, 1.82) is 0 Å². The van der Waals surface area contributed by atoms with Gasteiger partial charge in [-0.2, -0.15) is 4.98 Å². The van der Waals surface area contributed by atoms with Crippen molar-refractivity contribution in [1.82, 2.24) is 15.5 Å². The number of ether oxygens (including phenoxy) is 1. The van der Waals surface area contributed by atoms with Gasteiger partial charge in [0.1, 0.15) is 6.10 Å². The highest BCUT2D eigenvalue weighted by Gasteiger charge is 2.42. The van der Waals surface area contributed by atoms with Crippen LogP contribution in [-0.2, 0) is 4.74 Å². The van der Waals surface area contributed by atoms with Crippen molar-refractivity contribution in [2.75, 3.05) is 6.61 Å². The van der Waals surface area contributed by atoms with Crippen molar-refractivity contribution in [3.63, 3.8) is 0 Å². The summed E-state index contributed by atoms with van der Waals surface area (Å²) in [6, 6.07) is 1.22. The maximum atomic E-state index is 5.58. The molecule has 92 valence electrons. The molecular formula is C12H17N3O2. The van der Waals surface area contributed by atoms with Crippen molar-refractivity contribution in [2.45, 2.75) is 56.2 Å². The first-order valence-corrected chi connectivity index (χ1v) is 6.61. The average molecular weight is 235 g/mol. The zero-order valence-electron chi connectivity index (χ0n) is 9.76. The molecule has 0 radical (unpaired) electrons. The zero-order chi connectivity index (χ0) is 11.2. The van der Waals surface area contributed by atoms with E-state index in [4.69, 9.17) is 9.26 Å². The minimum Gasteiger partial charge on any atom is -0.370 e. The van der Waals surface area contributed by atoms with Crippen LogP contribution in [0.4, 0.5) is 0 Å². The predicted molar refractivity (Wildman–Crippen MR) is 59.5 cm³/mol. The van der Waals surface area contributed by atoms with E-state index in [-0.39, 0.29) is 6.10 Å². The van der Waals surface area contributed by atoms with Crippen LogP contribution in [0.5, 0.6) is 0 Å². The third kappa shape index (κ3) is 1.60. The van der Waals surface area contributed by atoms with Gasteiger partial charge < -0.3 is 14.6 Å². The summed E-state index contributed by atoms with van der Waals surface area (Å²) in [5, 5.41) is 7.68. The van der Waals surface area contributed by atoms with Gasteiger partial charge in [0.25, 0.3) is 0 Å². The molecule has 4 rings (SSSR count). The Kier molecular flexibility index (Phi) is 2.23. The fraction of sp³-hybridized carbons (Fsp3) is 0.833. The van der Waals surface area contributed by atoms with Crippen LogP contribution in [0.1, 0.15) is 55.8 Å². The molecule has 4 unspecified atom stereocenters. The lowest BCUT2D eigenvalue weighted by molar-refractivity contribution is 0.103. The molecule has 3 fully saturated rings. The van der Waals surface area contributed by atoms with Gasteiger partial charge in [0.05, 0.1) is 5.92 Å². The molecule has 17 heavy (non-hydrogen) atoms. The summed E-state index contributed by atoms with van der Waals surface area (Å²) in [7, 11) is 0. The maximum absolute atomic E-state index is 5.58. The third-order valence-corrected chi connectivity index (χ3v) is 4.29. The summed E-state index contributed by atoms with van der Waals surface area (Å²) < 4.78 is 11.0. The van der Waals surface area contributed by atoms with E-state index in [0.29, 0.717) is 18.0 Å². The van der Waals surface area contributed by atoms with E-state index in [1.165, 1.54) is 12.8 Å². The van der Waals surface area contributed by atoms with Gasteiger partial charge in [0.2, 0.25) is 11.7 Å². The smallest absolute Gasteiger partial charge is 0.231 e. The number of nitrogens with one attached hydrogen (secondary N) is 1. The van der Waals surface area contributed by atoms with Crippen molar-refractivity contribution in [3.8, 4) is 0 Å². The van der Waals surface area contributed by atoms with Crippen LogP contribution in [0, 0.1) is 0 Å². The minimum absolute atomic E-state index is 0.0686. The lowest BCUT2D eigenvalue weighted by atomic mass is 9.89. The number of hydrogen-bond donors (Lipinski definition) is 1. The fourth-order valence-electron chi connectivity index (χ4n) is 3.41. The van der Waals surface area contributed by atoms with Crippen LogP contribution < -0.4 is 5.32 Å². The molecule has 0 aromatic carbocycles. The van der Waals surface area contributed by atoms with E-state index in [1.807, 2.05) is 0 Å². The maximum Gasteiger partial charge on any atom is 0.231 e. The Morgan fingerprint density at radius 2 is 2.24 bits per heavy atom. The van der Waals surface area contributed by atoms with Gasteiger partial charge in [-0.15, -0.1) is 0 Å². The van der Waals surface area contributed by atoms with Crippen LogP contribution in [0.25, 0.3) is 0 Å². The average Bonchev–Trinajstić information content (AvgIpc) is 3.12. The van der Waals surface area contributed by atoms with E-state index in [9.17, 15) is 0 Å². The van der Waals surface area contributed by atoms with Gasteiger partial charge in [-0.1, -0.05) is 5.16 Å². The van der Waals surface area contributed by atoms with E-state index in [1.54, 1.807) is 0 Å². The molecule has 1 aromatic heterocycles. The highest BCUT2D eigenvalue weighted by atomic mass is 16.5. The molecule has 5 heteroatoms. The Hall–Kier alpha value is -0.940. The fourth-order valence-corrected chi connectivity index (χ4v) is 3.41. The molecule has 5 nitrogen and oxygen atoms in total. The monoisotopic (exact) mass is 235 g/mol. The highest BCUT2D eigenvalue weighted by Crippen LogP contribution is 2.39. The van der Waals surface area contributed by atoms with Crippen molar-refractivity contribution in [3.05, 3.63) is 11.7 Å². The van der Waals surface area contributed by atoms with Gasteiger partial charge in [-0.05, 0) is 32.1 Å². The number of fused-ring (bicyclic) bond motifs is 2. The number of aromatic nitrogens is 2. The second-order valence-electron chi connectivity index (χ2n) is 5.38. The first-order chi connectivity index (χ1) is 8.40. The molecule has 4 atom stereocenters. The topological polar surface area (TPSA) is 60.2 Å². The molecule has 2 bridgehead atoms. The van der Waals surface area contributed by atoms with Crippen LogP contribution >= 0.6 is 0 Å². The summed E-state index contributed by atoms with van der Waals surface area (Å²) in [4.78, 5) is 4.55. The van der Waals surface area contributed by atoms with E-state index in [0.717, 1.165) is 37.6 Å². The van der Waals surface area contributed by atoms with E-state index in [2.05, 4.69) is 15.5 Å². The van der Waals surface area contributed by atoms with Gasteiger partial charge in [0, 0.05) is 18.7 Å². The predicted octanol–water partition coefficient (Wildman–Crippen LogP) is 1.53. The molecular weight excluding hydrogens is 218 g/mol. The molecule has 0 saturated carbocycles. The molecule has 1 aromatic rings. The Morgan fingerprint density at radius 3 is 2.94 bits per heavy atom. The molecule has 1 N–H and O–H groups in total. The van der Waals surface area contributed by atoms with Gasteiger partial charge in [-0.3, -0.25) is 0 Å². The van der Waals surface area contributed by atoms with Gasteiger partial charge in [0.15, 0.2) is 0 Å². The number of hydrogen-bond acceptors (Lipinski definition) is 5. The lowest BCUT2D eigenvalue weighted by Crippen LogP contribution is -2.21. The molecule has 3 aliphatic heterocycles. The van der Waals surface area contributed by atoms with Gasteiger partial charge >= 0.3 is 0 Å². The normalized spacial score (nSPS) is 40.2. The van der Waals surface area contributed by atoms with E-state index < -0.39 is 0 Å². The second-order valence-corrected chi connectivity index (χ2v) is 5.38. The second kappa shape index (κ2) is 3.78. The Morgan fingerprint density at radius 1 is 1.24 bits per heavy atom. The highest BCUT2D eigenvalue weighted by molar-refractivity contribution is 5.10. The molecule has 3 saturated heterocycles. The summed E-state index contributed by atoms with van der Waals surface area (Å²) >= 11 is 0.